The number of aliphatic carboxylic acids is 1. The summed E-state index contributed by atoms with van der Waals surface area (Å²) in [6.45, 7) is 4.32. The van der Waals surface area contributed by atoms with Gasteiger partial charge in [0.25, 0.3) is 0 Å². The highest BCUT2D eigenvalue weighted by Crippen LogP contribution is 2.36. The molecule has 0 fully saturated rings. The van der Waals surface area contributed by atoms with E-state index in [1.54, 1.807) is 22.7 Å². The lowest BCUT2D eigenvalue weighted by atomic mass is 10.0. The second-order valence-corrected chi connectivity index (χ2v) is 6.38. The number of carbonyl (C=O) groups excluding carboxylic acids is 1. The van der Waals surface area contributed by atoms with Crippen molar-refractivity contribution in [1.29, 1.82) is 0 Å². The molecule has 1 aliphatic rings. The zero-order valence-corrected chi connectivity index (χ0v) is 11.8. The second-order valence-electron chi connectivity index (χ2n) is 4.81. The predicted octanol–water partition coefficient (Wildman–Crippen LogP) is 2.34. The first-order chi connectivity index (χ1) is 9.00. The van der Waals surface area contributed by atoms with Crippen molar-refractivity contribution < 1.29 is 14.7 Å². The highest BCUT2D eigenvalue weighted by molar-refractivity contribution is 8.00. The molecule has 0 bridgehead atoms. The highest BCUT2D eigenvalue weighted by atomic mass is 32.2. The maximum Gasteiger partial charge on any atom is 0.312 e. The number of fused-ring (bicyclic) bond motifs is 1. The quantitative estimate of drug-likeness (QED) is 0.919. The van der Waals surface area contributed by atoms with Crippen LogP contribution in [0.15, 0.2) is 24.3 Å². The van der Waals surface area contributed by atoms with Crippen molar-refractivity contribution in [2.45, 2.75) is 25.0 Å². The normalized spacial score (nSPS) is 17.6. The van der Waals surface area contributed by atoms with Crippen LogP contribution in [0.2, 0.25) is 0 Å². The van der Waals surface area contributed by atoms with Crippen LogP contribution in [0.3, 0.4) is 0 Å². The number of anilines is 1. The molecule has 4 nitrogen and oxygen atoms in total. The van der Waals surface area contributed by atoms with E-state index in [1.165, 1.54) is 0 Å². The third-order valence-corrected chi connectivity index (χ3v) is 4.19. The number of rotatable bonds is 4. The molecule has 2 rings (SSSR count). The Morgan fingerprint density at radius 2 is 2.11 bits per heavy atom. The summed E-state index contributed by atoms with van der Waals surface area (Å²) >= 11 is 1.57. The van der Waals surface area contributed by atoms with Gasteiger partial charge in [0.15, 0.2) is 0 Å². The van der Waals surface area contributed by atoms with E-state index in [0.29, 0.717) is 11.0 Å². The lowest BCUT2D eigenvalue weighted by Gasteiger charge is -2.17. The van der Waals surface area contributed by atoms with E-state index < -0.39 is 11.9 Å². The standard InChI is InChI=1S/C14H17NO3S/c1-9(2)19-8-13(16)15-7-11(14(17)18)10-5-3-4-6-12(10)15/h3-6,9,11H,7-8H2,1-2H3,(H,17,18). The van der Waals surface area contributed by atoms with Crippen molar-refractivity contribution in [2.24, 2.45) is 0 Å². The molecule has 0 aliphatic carbocycles. The van der Waals surface area contributed by atoms with E-state index in [9.17, 15) is 14.7 Å². The molecule has 1 heterocycles. The molecular formula is C14H17NO3S. The van der Waals surface area contributed by atoms with Crippen LogP contribution >= 0.6 is 11.8 Å². The minimum absolute atomic E-state index is 0.0186. The molecule has 102 valence electrons. The van der Waals surface area contributed by atoms with Crippen LogP contribution in [-0.2, 0) is 9.59 Å². The number of benzene rings is 1. The molecule has 1 atom stereocenters. The molecule has 5 heteroatoms. The van der Waals surface area contributed by atoms with Gasteiger partial charge in [-0.15, -0.1) is 11.8 Å². The van der Waals surface area contributed by atoms with Crippen LogP contribution in [0.25, 0.3) is 0 Å². The Balaban J connectivity index is 2.20. The number of para-hydroxylation sites is 1. The molecule has 1 aliphatic heterocycles. The third-order valence-electron chi connectivity index (χ3n) is 3.11. The van der Waals surface area contributed by atoms with E-state index in [-0.39, 0.29) is 12.5 Å². The smallest absolute Gasteiger partial charge is 0.312 e. The summed E-state index contributed by atoms with van der Waals surface area (Å²) < 4.78 is 0. The molecule has 1 aromatic rings. The van der Waals surface area contributed by atoms with Crippen LogP contribution in [0.5, 0.6) is 0 Å². The monoisotopic (exact) mass is 279 g/mol. The van der Waals surface area contributed by atoms with Gasteiger partial charge in [0.1, 0.15) is 5.92 Å². The number of nitrogens with zero attached hydrogens (tertiary/aromatic N) is 1. The van der Waals surface area contributed by atoms with Gasteiger partial charge in [0.2, 0.25) is 5.91 Å². The molecular weight excluding hydrogens is 262 g/mol. The van der Waals surface area contributed by atoms with E-state index in [1.807, 2.05) is 32.0 Å². The summed E-state index contributed by atoms with van der Waals surface area (Å²) in [6, 6.07) is 7.25. The predicted molar refractivity (Wildman–Crippen MR) is 76.8 cm³/mol. The average Bonchev–Trinajstić information content (AvgIpc) is 2.75. The Hall–Kier alpha value is -1.49. The number of hydrogen-bond donors (Lipinski definition) is 1. The van der Waals surface area contributed by atoms with Gasteiger partial charge in [-0.2, -0.15) is 0 Å². The fraction of sp³-hybridized carbons (Fsp3) is 0.429. The Labute approximate surface area is 116 Å². The third kappa shape index (κ3) is 2.92. The summed E-state index contributed by atoms with van der Waals surface area (Å²) in [5.41, 5.74) is 1.47. The lowest BCUT2D eigenvalue weighted by molar-refractivity contribution is -0.138. The first kappa shape index (κ1) is 13.9. The summed E-state index contributed by atoms with van der Waals surface area (Å²) in [7, 11) is 0. The number of carboxylic acid groups (broad SMARTS) is 1. The molecule has 1 aromatic carbocycles. The van der Waals surface area contributed by atoms with Crippen LogP contribution in [0.1, 0.15) is 25.3 Å². The van der Waals surface area contributed by atoms with Gasteiger partial charge in [-0.05, 0) is 16.9 Å². The first-order valence-electron chi connectivity index (χ1n) is 6.24. The fourth-order valence-electron chi connectivity index (χ4n) is 2.17. The molecule has 0 saturated carbocycles. The van der Waals surface area contributed by atoms with Crippen molar-refractivity contribution >= 4 is 29.3 Å². The highest BCUT2D eigenvalue weighted by Gasteiger charge is 2.35. The van der Waals surface area contributed by atoms with E-state index in [0.717, 1.165) is 11.3 Å². The molecule has 1 unspecified atom stereocenters. The van der Waals surface area contributed by atoms with Crippen LogP contribution < -0.4 is 4.90 Å². The summed E-state index contributed by atoms with van der Waals surface area (Å²) in [5.74, 6) is -1.11. The lowest BCUT2D eigenvalue weighted by Crippen LogP contribution is -2.32. The van der Waals surface area contributed by atoms with Gasteiger partial charge >= 0.3 is 5.97 Å². The summed E-state index contributed by atoms with van der Waals surface area (Å²) in [5, 5.41) is 9.62. The topological polar surface area (TPSA) is 57.6 Å². The first-order valence-corrected chi connectivity index (χ1v) is 7.29. The maximum atomic E-state index is 12.2. The molecule has 0 spiro atoms. The summed E-state index contributed by atoms with van der Waals surface area (Å²) in [6.07, 6.45) is 0. The maximum absolute atomic E-state index is 12.2. The molecule has 19 heavy (non-hydrogen) atoms. The molecule has 0 radical (unpaired) electrons. The van der Waals surface area contributed by atoms with Gasteiger partial charge in [-0.25, -0.2) is 0 Å². The van der Waals surface area contributed by atoms with Gasteiger partial charge in [-0.3, -0.25) is 9.59 Å². The Morgan fingerprint density at radius 1 is 1.42 bits per heavy atom. The van der Waals surface area contributed by atoms with Gasteiger partial charge in [0.05, 0.1) is 5.75 Å². The Kier molecular flexibility index (Phi) is 4.14. The molecule has 1 amide bonds. The molecule has 1 N–H and O–H groups in total. The van der Waals surface area contributed by atoms with Crippen molar-refractivity contribution in [1.82, 2.24) is 0 Å². The minimum Gasteiger partial charge on any atom is -0.481 e. The summed E-state index contributed by atoms with van der Waals surface area (Å²) in [4.78, 5) is 25.0. The molecule has 0 aromatic heterocycles. The van der Waals surface area contributed by atoms with Crippen molar-refractivity contribution in [3.8, 4) is 0 Å². The molecule has 0 saturated heterocycles. The van der Waals surface area contributed by atoms with Crippen LogP contribution in [0.4, 0.5) is 5.69 Å². The van der Waals surface area contributed by atoms with Gasteiger partial charge < -0.3 is 10.0 Å². The Morgan fingerprint density at radius 3 is 2.74 bits per heavy atom. The second kappa shape index (κ2) is 5.65. The van der Waals surface area contributed by atoms with Gasteiger partial charge in [-0.1, -0.05) is 32.0 Å². The van der Waals surface area contributed by atoms with E-state index in [2.05, 4.69) is 0 Å². The van der Waals surface area contributed by atoms with Crippen molar-refractivity contribution in [3.05, 3.63) is 29.8 Å². The van der Waals surface area contributed by atoms with E-state index in [4.69, 9.17) is 0 Å². The fourth-order valence-corrected chi connectivity index (χ4v) is 2.80. The van der Waals surface area contributed by atoms with Crippen molar-refractivity contribution in [3.63, 3.8) is 0 Å². The van der Waals surface area contributed by atoms with E-state index >= 15 is 0 Å². The van der Waals surface area contributed by atoms with Gasteiger partial charge in [0, 0.05) is 12.2 Å². The SMILES string of the molecule is CC(C)SCC(=O)N1CC(C(=O)O)c2ccccc21. The number of amides is 1. The number of thioether (sulfide) groups is 1. The average molecular weight is 279 g/mol. The number of carboxylic acids is 1. The minimum atomic E-state index is -0.876. The zero-order valence-electron chi connectivity index (χ0n) is 11.0. The zero-order chi connectivity index (χ0) is 14.0. The Bertz CT molecular complexity index is 501. The number of hydrogen-bond acceptors (Lipinski definition) is 3. The van der Waals surface area contributed by atoms with Crippen LogP contribution in [0, 0.1) is 0 Å². The van der Waals surface area contributed by atoms with Crippen LogP contribution in [-0.4, -0.2) is 34.5 Å². The number of carbonyl (C=O) groups is 2. The largest absolute Gasteiger partial charge is 0.481 e. The van der Waals surface area contributed by atoms with Crippen molar-refractivity contribution in [2.75, 3.05) is 17.2 Å².